The lowest BCUT2D eigenvalue weighted by Crippen LogP contribution is -2.60. The molecule has 0 aromatic heterocycles. The molecule has 214 valence electrons. The van der Waals surface area contributed by atoms with Crippen LogP contribution in [-0.4, -0.2) is 45.1 Å². The van der Waals surface area contributed by atoms with Crippen LogP contribution in [0.1, 0.15) is 85.4 Å². The first-order chi connectivity index (χ1) is 18.2. The number of alkyl carbamates (subject to hydrolysis) is 1. The Kier molecular flexibility index (Phi) is 11.0. The summed E-state index contributed by atoms with van der Waals surface area (Å²) in [6.45, 7) is 15.0. The molecule has 0 spiro atoms. The monoisotopic (exact) mass is 539 g/mol. The van der Waals surface area contributed by atoms with Gasteiger partial charge in [-0.25, -0.2) is 4.79 Å². The summed E-state index contributed by atoms with van der Waals surface area (Å²) in [4.78, 5) is 42.7. The van der Waals surface area contributed by atoms with Gasteiger partial charge in [0.15, 0.2) is 0 Å². The average Bonchev–Trinajstić information content (AvgIpc) is 2.88. The van der Waals surface area contributed by atoms with Gasteiger partial charge in [-0.3, -0.25) is 9.59 Å². The molecule has 0 aliphatic rings. The molecule has 8 nitrogen and oxygen atoms in total. The van der Waals surface area contributed by atoms with Gasteiger partial charge >= 0.3 is 6.09 Å². The molecule has 3 amide bonds. The highest BCUT2D eigenvalue weighted by molar-refractivity contribution is 5.93. The van der Waals surface area contributed by atoms with Gasteiger partial charge in [0.1, 0.15) is 23.4 Å². The zero-order valence-corrected chi connectivity index (χ0v) is 24.6. The van der Waals surface area contributed by atoms with E-state index in [-0.39, 0.29) is 18.2 Å². The number of phenols is 1. The van der Waals surface area contributed by atoms with Crippen molar-refractivity contribution in [3.63, 3.8) is 0 Å². The van der Waals surface area contributed by atoms with Crippen LogP contribution in [0.4, 0.5) is 4.79 Å². The molecule has 0 saturated carbocycles. The molecular formula is C31H45N3O5. The second-order valence-corrected chi connectivity index (χ2v) is 11.5. The Balaban J connectivity index is 2.60. The van der Waals surface area contributed by atoms with E-state index in [0.29, 0.717) is 18.4 Å². The summed E-state index contributed by atoms with van der Waals surface area (Å²) in [6, 6.07) is 13.9. The molecule has 0 heterocycles. The molecule has 3 atom stereocenters. The van der Waals surface area contributed by atoms with Crippen molar-refractivity contribution in [2.75, 3.05) is 0 Å². The molecule has 2 aromatic carbocycles. The van der Waals surface area contributed by atoms with Crippen LogP contribution >= 0.6 is 0 Å². The molecule has 3 N–H and O–H groups in total. The lowest BCUT2D eigenvalue weighted by atomic mass is 9.89. The fourth-order valence-electron chi connectivity index (χ4n) is 4.21. The van der Waals surface area contributed by atoms with Crippen LogP contribution in [0.25, 0.3) is 0 Å². The quantitative estimate of drug-likeness (QED) is 0.339. The maximum Gasteiger partial charge on any atom is 0.408 e. The van der Waals surface area contributed by atoms with E-state index >= 15 is 0 Å². The number of carbonyl (C=O) groups excluding carboxylic acids is 3. The van der Waals surface area contributed by atoms with Crippen LogP contribution in [0.5, 0.6) is 5.75 Å². The van der Waals surface area contributed by atoms with Crippen molar-refractivity contribution >= 4 is 17.9 Å². The Morgan fingerprint density at radius 1 is 0.949 bits per heavy atom. The highest BCUT2D eigenvalue weighted by atomic mass is 16.6. The second-order valence-electron chi connectivity index (χ2n) is 11.5. The van der Waals surface area contributed by atoms with Gasteiger partial charge in [-0.05, 0) is 58.6 Å². The summed E-state index contributed by atoms with van der Waals surface area (Å²) < 4.78 is 5.46. The normalized spacial score (nSPS) is 14.1. The van der Waals surface area contributed by atoms with E-state index in [1.54, 1.807) is 39.0 Å². The predicted molar refractivity (Wildman–Crippen MR) is 153 cm³/mol. The molecule has 0 bridgehead atoms. The Bertz CT molecular complexity index is 1110. The van der Waals surface area contributed by atoms with Crippen LogP contribution < -0.4 is 10.6 Å². The van der Waals surface area contributed by atoms with E-state index in [4.69, 9.17) is 4.74 Å². The maximum atomic E-state index is 14.4. The highest BCUT2D eigenvalue weighted by Crippen LogP contribution is 2.36. The minimum atomic E-state index is -1.15. The third kappa shape index (κ3) is 8.73. The number of ether oxygens (including phenoxy) is 1. The number of nitrogens with one attached hydrogen (secondary N) is 2. The number of para-hydroxylation sites is 1. The first-order valence-corrected chi connectivity index (χ1v) is 13.6. The van der Waals surface area contributed by atoms with Crippen molar-refractivity contribution in [2.45, 2.75) is 98.0 Å². The predicted octanol–water partition coefficient (Wildman–Crippen LogP) is 5.71. The molecule has 39 heavy (non-hydrogen) atoms. The van der Waals surface area contributed by atoms with Crippen molar-refractivity contribution in [1.29, 1.82) is 0 Å². The third-order valence-corrected chi connectivity index (χ3v) is 6.95. The number of amides is 3. The van der Waals surface area contributed by atoms with Gasteiger partial charge in [0.05, 0.1) is 0 Å². The smallest absolute Gasteiger partial charge is 0.408 e. The Morgan fingerprint density at radius 3 is 2.08 bits per heavy atom. The molecule has 2 aromatic rings. The number of hydrogen-bond donors (Lipinski definition) is 3. The molecule has 0 aliphatic carbocycles. The van der Waals surface area contributed by atoms with Crippen molar-refractivity contribution < 1.29 is 24.2 Å². The van der Waals surface area contributed by atoms with Gasteiger partial charge in [0.25, 0.3) is 0 Å². The number of benzene rings is 2. The van der Waals surface area contributed by atoms with Crippen LogP contribution in [0.2, 0.25) is 0 Å². The molecule has 0 aliphatic heterocycles. The SMILES string of the molecule is CCC(C)C(NC(=O)OC(C)(C)C)C(=O)N(C(C(=O)NCc1ccccc1)c1ccccc1O)C(C)(C)CC. The average molecular weight is 540 g/mol. The summed E-state index contributed by atoms with van der Waals surface area (Å²) >= 11 is 0. The first-order valence-electron chi connectivity index (χ1n) is 13.6. The highest BCUT2D eigenvalue weighted by Gasteiger charge is 2.44. The summed E-state index contributed by atoms with van der Waals surface area (Å²) in [7, 11) is 0. The molecule has 2 rings (SSSR count). The molecule has 0 fully saturated rings. The van der Waals surface area contributed by atoms with Crippen LogP contribution in [0, 0.1) is 5.92 Å². The summed E-state index contributed by atoms with van der Waals surface area (Å²) in [6.07, 6.45) is 0.422. The van der Waals surface area contributed by atoms with E-state index in [2.05, 4.69) is 10.6 Å². The van der Waals surface area contributed by atoms with Gasteiger partial charge in [0, 0.05) is 17.6 Å². The molecule has 3 unspecified atom stereocenters. The van der Waals surface area contributed by atoms with E-state index in [0.717, 1.165) is 5.56 Å². The summed E-state index contributed by atoms with van der Waals surface area (Å²) in [5.41, 5.74) is -0.350. The largest absolute Gasteiger partial charge is 0.508 e. The number of phenolic OH excluding ortho intramolecular Hbond substituents is 1. The van der Waals surface area contributed by atoms with E-state index in [9.17, 15) is 19.5 Å². The zero-order valence-electron chi connectivity index (χ0n) is 24.6. The van der Waals surface area contributed by atoms with E-state index in [1.807, 2.05) is 65.0 Å². The topological polar surface area (TPSA) is 108 Å². The van der Waals surface area contributed by atoms with Crippen molar-refractivity contribution in [3.8, 4) is 5.75 Å². The van der Waals surface area contributed by atoms with Gasteiger partial charge in [-0.15, -0.1) is 0 Å². The van der Waals surface area contributed by atoms with E-state index < -0.39 is 41.1 Å². The summed E-state index contributed by atoms with van der Waals surface area (Å²) in [5.74, 6) is -1.21. The third-order valence-electron chi connectivity index (χ3n) is 6.95. The Morgan fingerprint density at radius 2 is 1.54 bits per heavy atom. The lowest BCUT2D eigenvalue weighted by molar-refractivity contribution is -0.150. The van der Waals surface area contributed by atoms with Crippen LogP contribution in [0.3, 0.4) is 0 Å². The minimum Gasteiger partial charge on any atom is -0.508 e. The van der Waals surface area contributed by atoms with Crippen molar-refractivity contribution in [3.05, 3.63) is 65.7 Å². The first kappa shape index (κ1) is 31.7. The molecule has 8 heteroatoms. The van der Waals surface area contributed by atoms with Crippen molar-refractivity contribution in [2.24, 2.45) is 5.92 Å². The van der Waals surface area contributed by atoms with Crippen molar-refractivity contribution in [1.82, 2.24) is 15.5 Å². The maximum absolute atomic E-state index is 14.4. The second kappa shape index (κ2) is 13.5. The van der Waals surface area contributed by atoms with Gasteiger partial charge in [0.2, 0.25) is 11.8 Å². The van der Waals surface area contributed by atoms with Gasteiger partial charge in [-0.1, -0.05) is 75.7 Å². The fourth-order valence-corrected chi connectivity index (χ4v) is 4.21. The van der Waals surface area contributed by atoms with Gasteiger partial charge < -0.3 is 25.4 Å². The Hall–Kier alpha value is -3.55. The molecular weight excluding hydrogens is 494 g/mol. The number of aromatic hydroxyl groups is 1. The zero-order chi connectivity index (χ0) is 29.4. The fraction of sp³-hybridized carbons (Fsp3) is 0.516. The standard InChI is InChI=1S/C31H45N3O5/c1-9-21(3)25(33-29(38)39-30(4,5)6)28(37)34(31(7,8)10-2)26(23-18-14-15-19-24(23)35)27(36)32-20-22-16-12-11-13-17-22/h11-19,21,25-26,35H,9-10,20H2,1-8H3,(H,32,36)(H,33,38). The number of carbonyl (C=O) groups is 3. The Labute approximate surface area is 233 Å². The number of hydrogen-bond acceptors (Lipinski definition) is 5. The molecule has 0 radical (unpaired) electrons. The molecule has 0 saturated heterocycles. The van der Waals surface area contributed by atoms with E-state index in [1.165, 1.54) is 11.0 Å². The van der Waals surface area contributed by atoms with Crippen LogP contribution in [0.15, 0.2) is 54.6 Å². The lowest BCUT2D eigenvalue weighted by Gasteiger charge is -2.45. The minimum absolute atomic E-state index is 0.0951. The van der Waals surface area contributed by atoms with Gasteiger partial charge in [-0.2, -0.15) is 0 Å². The summed E-state index contributed by atoms with van der Waals surface area (Å²) in [5, 5.41) is 16.6. The number of rotatable bonds is 11. The number of nitrogens with zero attached hydrogens (tertiary/aromatic N) is 1. The van der Waals surface area contributed by atoms with Crippen LogP contribution in [-0.2, 0) is 20.9 Å².